The lowest BCUT2D eigenvalue weighted by Crippen LogP contribution is -2.13. The highest BCUT2D eigenvalue weighted by Crippen LogP contribution is 2.24. The Morgan fingerprint density at radius 2 is 2.00 bits per heavy atom. The third-order valence-corrected chi connectivity index (χ3v) is 3.98. The summed E-state index contributed by atoms with van der Waals surface area (Å²) in [7, 11) is 1.55. The first-order chi connectivity index (χ1) is 12.0. The van der Waals surface area contributed by atoms with Crippen molar-refractivity contribution in [3.8, 4) is 5.75 Å². The van der Waals surface area contributed by atoms with Gasteiger partial charge in [0.05, 0.1) is 13.5 Å². The van der Waals surface area contributed by atoms with Crippen LogP contribution in [0.1, 0.15) is 28.8 Å². The fourth-order valence-corrected chi connectivity index (χ4v) is 2.70. The average Bonchev–Trinajstić information content (AvgIpc) is 2.99. The van der Waals surface area contributed by atoms with Gasteiger partial charge in [-0.3, -0.25) is 14.4 Å². The summed E-state index contributed by atoms with van der Waals surface area (Å²) >= 11 is 0. The molecule has 0 aromatic heterocycles. The van der Waals surface area contributed by atoms with E-state index in [2.05, 4.69) is 10.6 Å². The number of benzene rings is 2. The van der Waals surface area contributed by atoms with Crippen molar-refractivity contribution in [1.82, 2.24) is 0 Å². The van der Waals surface area contributed by atoms with Gasteiger partial charge in [0.1, 0.15) is 5.75 Å². The lowest BCUT2D eigenvalue weighted by Gasteiger charge is -2.07. The van der Waals surface area contributed by atoms with Crippen molar-refractivity contribution in [3.63, 3.8) is 0 Å². The van der Waals surface area contributed by atoms with E-state index < -0.39 is 0 Å². The first-order valence-electron chi connectivity index (χ1n) is 7.95. The van der Waals surface area contributed by atoms with Gasteiger partial charge in [-0.05, 0) is 35.9 Å². The number of ketones is 1. The zero-order valence-corrected chi connectivity index (χ0v) is 13.8. The van der Waals surface area contributed by atoms with Crippen LogP contribution in [0.2, 0.25) is 0 Å². The van der Waals surface area contributed by atoms with Crippen molar-refractivity contribution in [2.75, 3.05) is 17.7 Å². The van der Waals surface area contributed by atoms with Gasteiger partial charge in [-0.15, -0.1) is 0 Å². The van der Waals surface area contributed by atoms with Crippen LogP contribution in [0, 0.1) is 0 Å². The zero-order valence-electron chi connectivity index (χ0n) is 13.8. The predicted octanol–water partition coefficient (Wildman–Crippen LogP) is 2.79. The van der Waals surface area contributed by atoms with E-state index in [0.717, 1.165) is 11.3 Å². The Balaban J connectivity index is 1.56. The highest BCUT2D eigenvalue weighted by atomic mass is 16.5. The maximum atomic E-state index is 12.3. The summed E-state index contributed by atoms with van der Waals surface area (Å²) in [6, 6.07) is 12.1. The average molecular weight is 338 g/mol. The monoisotopic (exact) mass is 338 g/mol. The van der Waals surface area contributed by atoms with Crippen molar-refractivity contribution >= 4 is 29.0 Å². The SMILES string of the molecule is COc1cccc(NC(=O)CCC(=O)c2ccc3c(c2)CC(=O)N3)c1. The van der Waals surface area contributed by atoms with Gasteiger partial charge in [0.2, 0.25) is 11.8 Å². The summed E-state index contributed by atoms with van der Waals surface area (Å²) in [5.74, 6) is 0.218. The molecule has 2 aromatic rings. The van der Waals surface area contributed by atoms with Gasteiger partial charge in [-0.25, -0.2) is 0 Å². The summed E-state index contributed by atoms with van der Waals surface area (Å²) < 4.78 is 5.10. The Morgan fingerprint density at radius 3 is 2.80 bits per heavy atom. The van der Waals surface area contributed by atoms with E-state index in [1.807, 2.05) is 0 Å². The number of anilines is 2. The van der Waals surface area contributed by atoms with Gasteiger partial charge >= 0.3 is 0 Å². The largest absolute Gasteiger partial charge is 0.497 e. The van der Waals surface area contributed by atoms with Crippen molar-refractivity contribution in [3.05, 3.63) is 53.6 Å². The fourth-order valence-electron chi connectivity index (χ4n) is 2.70. The quantitative estimate of drug-likeness (QED) is 0.793. The molecule has 0 spiro atoms. The smallest absolute Gasteiger partial charge is 0.228 e. The number of Topliss-reactive ketones (excluding diaryl/α,β-unsaturated/α-hetero) is 1. The lowest BCUT2D eigenvalue weighted by molar-refractivity contribution is -0.116. The maximum Gasteiger partial charge on any atom is 0.228 e. The van der Waals surface area contributed by atoms with E-state index in [1.54, 1.807) is 49.6 Å². The summed E-state index contributed by atoms with van der Waals surface area (Å²) in [6.07, 6.45) is 0.479. The number of fused-ring (bicyclic) bond motifs is 1. The van der Waals surface area contributed by atoms with Crippen molar-refractivity contribution in [2.24, 2.45) is 0 Å². The van der Waals surface area contributed by atoms with Crippen LogP contribution in [-0.2, 0) is 16.0 Å². The Morgan fingerprint density at radius 1 is 1.16 bits per heavy atom. The van der Waals surface area contributed by atoms with Crippen molar-refractivity contribution < 1.29 is 19.1 Å². The second kappa shape index (κ2) is 7.17. The molecule has 1 aliphatic heterocycles. The van der Waals surface area contributed by atoms with Crippen LogP contribution in [0.4, 0.5) is 11.4 Å². The van der Waals surface area contributed by atoms with E-state index in [0.29, 0.717) is 17.0 Å². The lowest BCUT2D eigenvalue weighted by atomic mass is 10.0. The predicted molar refractivity (Wildman–Crippen MR) is 94.0 cm³/mol. The van der Waals surface area contributed by atoms with Crippen molar-refractivity contribution in [1.29, 1.82) is 0 Å². The fraction of sp³-hybridized carbons (Fsp3) is 0.211. The van der Waals surface area contributed by atoms with Crippen LogP contribution >= 0.6 is 0 Å². The molecular formula is C19H18N2O4. The minimum atomic E-state index is -0.236. The number of carbonyl (C=O) groups is 3. The van der Waals surface area contributed by atoms with Crippen LogP contribution in [0.3, 0.4) is 0 Å². The van der Waals surface area contributed by atoms with E-state index in [9.17, 15) is 14.4 Å². The molecule has 0 atom stereocenters. The number of hydrogen-bond acceptors (Lipinski definition) is 4. The minimum Gasteiger partial charge on any atom is -0.497 e. The number of rotatable bonds is 6. The molecule has 0 bridgehead atoms. The Labute approximate surface area is 145 Å². The van der Waals surface area contributed by atoms with Crippen LogP contribution in [0.15, 0.2) is 42.5 Å². The first kappa shape index (κ1) is 16.7. The third kappa shape index (κ3) is 4.03. The first-order valence-corrected chi connectivity index (χ1v) is 7.95. The molecule has 0 fully saturated rings. The molecule has 2 N–H and O–H groups in total. The minimum absolute atomic E-state index is 0.0720. The van der Waals surface area contributed by atoms with Gasteiger partial charge in [0.25, 0.3) is 0 Å². The number of nitrogens with one attached hydrogen (secondary N) is 2. The van der Waals surface area contributed by atoms with Gasteiger partial charge < -0.3 is 15.4 Å². The molecule has 0 radical (unpaired) electrons. The molecule has 0 unspecified atom stereocenters. The molecule has 128 valence electrons. The number of hydrogen-bond donors (Lipinski definition) is 2. The molecule has 1 aliphatic rings. The molecule has 2 amide bonds. The molecule has 1 heterocycles. The molecule has 3 rings (SSSR count). The van der Waals surface area contributed by atoms with E-state index in [4.69, 9.17) is 4.74 Å². The highest BCUT2D eigenvalue weighted by molar-refractivity contribution is 6.03. The normalized spacial score (nSPS) is 12.3. The standard InChI is InChI=1S/C19H18N2O4/c1-25-15-4-2-3-14(11-15)20-18(23)8-7-17(22)12-5-6-16-13(9-12)10-19(24)21-16/h2-6,9,11H,7-8,10H2,1H3,(H,20,23)(H,21,24). The van der Waals surface area contributed by atoms with Crippen LogP contribution < -0.4 is 15.4 Å². The Kier molecular flexibility index (Phi) is 4.79. The van der Waals surface area contributed by atoms with Crippen LogP contribution in [0.25, 0.3) is 0 Å². The Hall–Kier alpha value is -3.15. The molecule has 0 aliphatic carbocycles. The molecule has 6 heteroatoms. The molecular weight excluding hydrogens is 320 g/mol. The van der Waals surface area contributed by atoms with Gasteiger partial charge in [-0.1, -0.05) is 6.07 Å². The van der Waals surface area contributed by atoms with Crippen LogP contribution in [-0.4, -0.2) is 24.7 Å². The van der Waals surface area contributed by atoms with Crippen LogP contribution in [0.5, 0.6) is 5.75 Å². The van der Waals surface area contributed by atoms with Gasteiger partial charge in [-0.2, -0.15) is 0 Å². The van der Waals surface area contributed by atoms with E-state index in [1.165, 1.54) is 0 Å². The molecule has 6 nitrogen and oxygen atoms in total. The summed E-state index contributed by atoms with van der Waals surface area (Å²) in [5.41, 5.74) is 2.71. The molecule has 2 aromatic carbocycles. The summed E-state index contributed by atoms with van der Waals surface area (Å²) in [4.78, 5) is 35.7. The molecule has 0 saturated heterocycles. The van der Waals surface area contributed by atoms with Gasteiger partial charge in [0, 0.05) is 35.8 Å². The summed E-state index contributed by atoms with van der Waals surface area (Å²) in [5, 5.41) is 5.47. The van der Waals surface area contributed by atoms with Crippen molar-refractivity contribution in [2.45, 2.75) is 19.3 Å². The maximum absolute atomic E-state index is 12.3. The van der Waals surface area contributed by atoms with Gasteiger partial charge in [0.15, 0.2) is 5.78 Å². The molecule has 25 heavy (non-hydrogen) atoms. The second-order valence-corrected chi connectivity index (χ2v) is 5.80. The zero-order chi connectivity index (χ0) is 17.8. The number of carbonyl (C=O) groups excluding carboxylic acids is 3. The Bertz CT molecular complexity index is 845. The topological polar surface area (TPSA) is 84.5 Å². The van der Waals surface area contributed by atoms with E-state index >= 15 is 0 Å². The number of amides is 2. The second-order valence-electron chi connectivity index (χ2n) is 5.80. The number of ether oxygens (including phenoxy) is 1. The molecule has 0 saturated carbocycles. The van der Waals surface area contributed by atoms with E-state index in [-0.39, 0.29) is 36.9 Å². The highest BCUT2D eigenvalue weighted by Gasteiger charge is 2.19. The summed E-state index contributed by atoms with van der Waals surface area (Å²) in [6.45, 7) is 0. The number of methoxy groups -OCH3 is 1. The third-order valence-electron chi connectivity index (χ3n) is 3.98.